The molecule has 2 aromatic carbocycles. The standard InChI is InChI=1S/C21H18N4O4S2/c1-15(16-8-10-17(11-9-16)29-13-12-22)23-24-21(26)18-5-2-3-6-19(18)25-31(27,28)20-7-4-14-30-20/h2-11,14,25H,13H2,1H3,(H,24,26)/b23-15+. The summed E-state index contributed by atoms with van der Waals surface area (Å²) in [6.07, 6.45) is 0. The quantitative estimate of drug-likeness (QED) is 0.398. The van der Waals surface area contributed by atoms with Crippen LogP contribution in [0.3, 0.4) is 0 Å². The Bertz CT molecular complexity index is 1230. The molecule has 0 spiro atoms. The third-order valence-electron chi connectivity index (χ3n) is 4.08. The van der Waals surface area contributed by atoms with Gasteiger partial charge in [-0.1, -0.05) is 18.2 Å². The fourth-order valence-electron chi connectivity index (χ4n) is 2.55. The summed E-state index contributed by atoms with van der Waals surface area (Å²) in [4.78, 5) is 12.6. The van der Waals surface area contributed by atoms with Gasteiger partial charge in [0, 0.05) is 0 Å². The molecule has 1 heterocycles. The second-order valence-electron chi connectivity index (χ2n) is 6.19. The summed E-state index contributed by atoms with van der Waals surface area (Å²) in [5.74, 6) is -0.00751. The summed E-state index contributed by atoms with van der Waals surface area (Å²) in [7, 11) is -3.79. The van der Waals surface area contributed by atoms with E-state index in [2.05, 4.69) is 15.2 Å². The molecule has 0 aliphatic heterocycles. The fraction of sp³-hybridized carbons (Fsp3) is 0.0952. The van der Waals surface area contributed by atoms with Crippen molar-refractivity contribution >= 4 is 38.7 Å². The zero-order chi connectivity index (χ0) is 22.3. The van der Waals surface area contributed by atoms with Crippen LogP contribution in [0.4, 0.5) is 5.69 Å². The summed E-state index contributed by atoms with van der Waals surface area (Å²) in [6, 6.07) is 18.2. The Hall–Kier alpha value is -3.68. The molecule has 0 saturated carbocycles. The van der Waals surface area contributed by atoms with Crippen molar-refractivity contribution in [3.63, 3.8) is 0 Å². The van der Waals surface area contributed by atoms with Gasteiger partial charge in [0.15, 0.2) is 6.61 Å². The van der Waals surface area contributed by atoms with Crippen LogP contribution >= 0.6 is 11.3 Å². The van der Waals surface area contributed by atoms with E-state index in [1.54, 1.807) is 54.8 Å². The van der Waals surface area contributed by atoms with Crippen molar-refractivity contribution in [3.05, 3.63) is 77.2 Å². The number of carbonyl (C=O) groups excluding carboxylic acids is 1. The highest BCUT2D eigenvalue weighted by Crippen LogP contribution is 2.23. The SMILES string of the molecule is C/C(=N\NC(=O)c1ccccc1NS(=O)(=O)c1cccs1)c1ccc(OCC#N)cc1. The van der Waals surface area contributed by atoms with E-state index in [0.717, 1.165) is 16.9 Å². The summed E-state index contributed by atoms with van der Waals surface area (Å²) in [6.45, 7) is 1.68. The Balaban J connectivity index is 1.73. The Morgan fingerprint density at radius 1 is 1.13 bits per heavy atom. The molecule has 8 nitrogen and oxygen atoms in total. The molecule has 0 unspecified atom stereocenters. The summed E-state index contributed by atoms with van der Waals surface area (Å²) in [5.41, 5.74) is 4.03. The molecule has 0 atom stereocenters. The number of sulfonamides is 1. The van der Waals surface area contributed by atoms with Crippen LogP contribution in [-0.2, 0) is 10.0 Å². The van der Waals surface area contributed by atoms with Crippen LogP contribution in [0.25, 0.3) is 0 Å². The predicted molar refractivity (Wildman–Crippen MR) is 119 cm³/mol. The third-order valence-corrected chi connectivity index (χ3v) is 6.84. The summed E-state index contributed by atoms with van der Waals surface area (Å²) >= 11 is 1.08. The van der Waals surface area contributed by atoms with Gasteiger partial charge in [-0.3, -0.25) is 9.52 Å². The maximum Gasteiger partial charge on any atom is 0.273 e. The molecule has 0 aliphatic carbocycles. The number of nitrogens with zero attached hydrogens (tertiary/aromatic N) is 2. The number of thiophene rings is 1. The molecular formula is C21H18N4O4S2. The zero-order valence-electron chi connectivity index (χ0n) is 16.4. The molecule has 0 radical (unpaired) electrons. The molecule has 31 heavy (non-hydrogen) atoms. The summed E-state index contributed by atoms with van der Waals surface area (Å²) in [5, 5.41) is 14.3. The van der Waals surface area contributed by atoms with Crippen LogP contribution < -0.4 is 14.9 Å². The van der Waals surface area contributed by atoms with Crippen molar-refractivity contribution in [3.8, 4) is 11.8 Å². The first-order valence-electron chi connectivity index (χ1n) is 9.01. The van der Waals surface area contributed by atoms with Gasteiger partial charge in [0.1, 0.15) is 16.0 Å². The van der Waals surface area contributed by atoms with E-state index in [1.165, 1.54) is 18.2 Å². The average molecular weight is 455 g/mol. The number of ether oxygens (including phenoxy) is 1. The predicted octanol–water partition coefficient (Wildman–Crippen LogP) is 3.61. The van der Waals surface area contributed by atoms with Gasteiger partial charge in [0.05, 0.1) is 17.0 Å². The topological polar surface area (TPSA) is 121 Å². The lowest BCUT2D eigenvalue weighted by atomic mass is 10.1. The number of rotatable bonds is 8. The molecule has 0 saturated heterocycles. The van der Waals surface area contributed by atoms with E-state index in [1.807, 2.05) is 6.07 Å². The molecule has 0 aliphatic rings. The van der Waals surface area contributed by atoms with Gasteiger partial charge in [-0.2, -0.15) is 10.4 Å². The van der Waals surface area contributed by atoms with E-state index in [4.69, 9.17) is 10.00 Å². The Morgan fingerprint density at radius 3 is 2.55 bits per heavy atom. The lowest BCUT2D eigenvalue weighted by Gasteiger charge is -2.11. The molecule has 0 fully saturated rings. The number of amides is 1. The fourth-order valence-corrected chi connectivity index (χ4v) is 4.62. The first-order chi connectivity index (χ1) is 14.9. The molecule has 2 N–H and O–H groups in total. The van der Waals surface area contributed by atoms with Crippen molar-refractivity contribution in [2.75, 3.05) is 11.3 Å². The number of para-hydroxylation sites is 1. The number of carbonyl (C=O) groups is 1. The smallest absolute Gasteiger partial charge is 0.273 e. The van der Waals surface area contributed by atoms with E-state index in [9.17, 15) is 13.2 Å². The first-order valence-corrected chi connectivity index (χ1v) is 11.4. The highest BCUT2D eigenvalue weighted by Gasteiger charge is 2.19. The minimum Gasteiger partial charge on any atom is -0.479 e. The number of anilines is 1. The third kappa shape index (κ3) is 5.69. The number of benzene rings is 2. The number of hydrazone groups is 1. The minimum atomic E-state index is -3.79. The van der Waals surface area contributed by atoms with E-state index < -0.39 is 15.9 Å². The first kappa shape index (κ1) is 22.0. The molecule has 1 amide bonds. The van der Waals surface area contributed by atoms with Gasteiger partial charge in [-0.05, 0) is 60.3 Å². The van der Waals surface area contributed by atoms with Gasteiger partial charge >= 0.3 is 0 Å². The Morgan fingerprint density at radius 2 is 1.87 bits per heavy atom. The normalized spacial score (nSPS) is 11.4. The summed E-state index contributed by atoms with van der Waals surface area (Å²) < 4.78 is 32.8. The number of nitriles is 1. The van der Waals surface area contributed by atoms with Crippen molar-refractivity contribution in [2.45, 2.75) is 11.1 Å². The second-order valence-corrected chi connectivity index (χ2v) is 9.05. The molecule has 1 aromatic heterocycles. The molecule has 158 valence electrons. The zero-order valence-corrected chi connectivity index (χ0v) is 18.0. The number of hydrogen-bond acceptors (Lipinski definition) is 7. The van der Waals surface area contributed by atoms with Gasteiger partial charge < -0.3 is 4.74 Å². The number of hydrogen-bond donors (Lipinski definition) is 2. The molecule has 3 aromatic rings. The van der Waals surface area contributed by atoms with Gasteiger partial charge in [0.25, 0.3) is 15.9 Å². The number of nitrogens with one attached hydrogen (secondary N) is 2. The van der Waals surface area contributed by atoms with Crippen LogP contribution in [0.1, 0.15) is 22.8 Å². The van der Waals surface area contributed by atoms with Crippen molar-refractivity contribution in [1.82, 2.24) is 5.43 Å². The van der Waals surface area contributed by atoms with Crippen LogP contribution in [0, 0.1) is 11.3 Å². The highest BCUT2D eigenvalue weighted by atomic mass is 32.2. The second kappa shape index (κ2) is 9.88. The monoisotopic (exact) mass is 454 g/mol. The molecule has 0 bridgehead atoms. The van der Waals surface area contributed by atoms with Crippen LogP contribution in [0.5, 0.6) is 5.75 Å². The Labute approximate surface area is 183 Å². The largest absolute Gasteiger partial charge is 0.479 e. The van der Waals surface area contributed by atoms with Crippen molar-refractivity contribution in [1.29, 1.82) is 5.26 Å². The van der Waals surface area contributed by atoms with Gasteiger partial charge in [-0.25, -0.2) is 13.8 Å². The average Bonchev–Trinajstić information content (AvgIpc) is 3.32. The lowest BCUT2D eigenvalue weighted by Crippen LogP contribution is -2.22. The molecular weight excluding hydrogens is 436 g/mol. The minimum absolute atomic E-state index is 0.0435. The highest BCUT2D eigenvalue weighted by molar-refractivity contribution is 7.94. The van der Waals surface area contributed by atoms with Crippen LogP contribution in [-0.4, -0.2) is 26.6 Å². The maximum absolute atomic E-state index is 12.6. The lowest BCUT2D eigenvalue weighted by molar-refractivity contribution is 0.0955. The van der Waals surface area contributed by atoms with Gasteiger partial charge in [-0.15, -0.1) is 11.3 Å². The van der Waals surface area contributed by atoms with Crippen LogP contribution in [0.2, 0.25) is 0 Å². The van der Waals surface area contributed by atoms with Gasteiger partial charge in [0.2, 0.25) is 0 Å². The van der Waals surface area contributed by atoms with Crippen molar-refractivity contribution < 1.29 is 17.9 Å². The Kier molecular flexibility index (Phi) is 7.02. The van der Waals surface area contributed by atoms with E-state index in [0.29, 0.717) is 11.5 Å². The molecule has 10 heteroatoms. The molecule has 3 rings (SSSR count). The van der Waals surface area contributed by atoms with Crippen LogP contribution in [0.15, 0.2) is 75.4 Å². The van der Waals surface area contributed by atoms with Crippen molar-refractivity contribution in [2.24, 2.45) is 5.10 Å². The van der Waals surface area contributed by atoms with E-state index >= 15 is 0 Å². The maximum atomic E-state index is 12.6. The van der Waals surface area contributed by atoms with E-state index in [-0.39, 0.29) is 22.1 Å².